The van der Waals surface area contributed by atoms with Crippen LogP contribution in [0.3, 0.4) is 0 Å². The van der Waals surface area contributed by atoms with Gasteiger partial charge in [-0.05, 0) is 44.0 Å². The maximum atomic E-state index is 12.7. The molecule has 0 aliphatic heterocycles. The highest BCUT2D eigenvalue weighted by molar-refractivity contribution is 6.01. The van der Waals surface area contributed by atoms with Crippen molar-refractivity contribution in [3.8, 4) is 0 Å². The van der Waals surface area contributed by atoms with Crippen LogP contribution in [0.4, 0.5) is 0 Å². The molecule has 0 fully saturated rings. The first kappa shape index (κ1) is 14.4. The van der Waals surface area contributed by atoms with Gasteiger partial charge in [0.05, 0.1) is 12.5 Å². The van der Waals surface area contributed by atoms with Crippen molar-refractivity contribution in [1.29, 1.82) is 0 Å². The predicted molar refractivity (Wildman–Crippen MR) is 87.0 cm³/mol. The summed E-state index contributed by atoms with van der Waals surface area (Å²) in [5.41, 5.74) is 6.06. The molecule has 1 aromatic carbocycles. The summed E-state index contributed by atoms with van der Waals surface area (Å²) in [4.78, 5) is 17.7. The van der Waals surface area contributed by atoms with Crippen LogP contribution in [0.15, 0.2) is 35.1 Å². The van der Waals surface area contributed by atoms with Crippen LogP contribution in [0.1, 0.15) is 32.7 Å². The quantitative estimate of drug-likeness (QED) is 0.795. The maximum Gasteiger partial charge on any atom is 0.270 e. The molecule has 0 bridgehead atoms. The number of nitrogens with zero attached hydrogens (tertiary/aromatic N) is 1. The second-order valence-electron chi connectivity index (χ2n) is 5.92. The van der Waals surface area contributed by atoms with Crippen LogP contribution in [0, 0.1) is 20.8 Å². The minimum absolute atomic E-state index is 0.00745. The minimum atomic E-state index is -0.00745. The molecule has 4 heteroatoms. The summed E-state index contributed by atoms with van der Waals surface area (Å²) in [6, 6.07) is 6.12. The molecule has 1 amide bonds. The molecule has 1 N–H and O–H groups in total. The molecule has 2 heterocycles. The first-order valence-corrected chi connectivity index (χ1v) is 7.33. The van der Waals surface area contributed by atoms with E-state index in [4.69, 9.17) is 4.42 Å². The van der Waals surface area contributed by atoms with Crippen LogP contribution >= 0.6 is 0 Å². The monoisotopic (exact) mass is 296 g/mol. The normalized spacial score (nSPS) is 11.1. The number of amides is 1. The molecule has 2 aromatic heterocycles. The van der Waals surface area contributed by atoms with Crippen molar-refractivity contribution in [2.75, 3.05) is 7.05 Å². The number of hydrogen-bond donors (Lipinski definition) is 1. The zero-order valence-electron chi connectivity index (χ0n) is 13.4. The highest BCUT2D eigenvalue weighted by atomic mass is 16.3. The number of aryl methyl sites for hydroxylation is 3. The van der Waals surface area contributed by atoms with Gasteiger partial charge in [0, 0.05) is 30.1 Å². The van der Waals surface area contributed by atoms with Crippen LogP contribution in [-0.2, 0) is 6.54 Å². The van der Waals surface area contributed by atoms with E-state index in [1.54, 1.807) is 24.5 Å². The Morgan fingerprint density at radius 2 is 2.05 bits per heavy atom. The number of carbonyl (C=O) groups excluding carboxylic acids is 1. The summed E-state index contributed by atoms with van der Waals surface area (Å²) in [5.74, 6) is -0.00745. The van der Waals surface area contributed by atoms with Crippen LogP contribution in [-0.4, -0.2) is 22.8 Å². The molecule has 3 rings (SSSR count). The molecule has 0 unspecified atom stereocenters. The maximum absolute atomic E-state index is 12.7. The molecular weight excluding hydrogens is 276 g/mol. The van der Waals surface area contributed by atoms with Gasteiger partial charge >= 0.3 is 0 Å². The Balaban J connectivity index is 1.97. The topological polar surface area (TPSA) is 49.2 Å². The van der Waals surface area contributed by atoms with E-state index in [0.29, 0.717) is 12.2 Å². The lowest BCUT2D eigenvalue weighted by molar-refractivity contribution is 0.0779. The lowest BCUT2D eigenvalue weighted by Crippen LogP contribution is -2.26. The fraction of sp³-hybridized carbons (Fsp3) is 0.278. The third-order valence-corrected chi connectivity index (χ3v) is 4.07. The molecule has 0 saturated heterocycles. The van der Waals surface area contributed by atoms with E-state index in [1.807, 2.05) is 13.0 Å². The van der Waals surface area contributed by atoms with Gasteiger partial charge in [-0.3, -0.25) is 4.79 Å². The molecule has 4 nitrogen and oxygen atoms in total. The van der Waals surface area contributed by atoms with Crippen molar-refractivity contribution >= 4 is 16.8 Å². The molecule has 0 atom stereocenters. The van der Waals surface area contributed by atoms with E-state index in [0.717, 1.165) is 27.6 Å². The Morgan fingerprint density at radius 3 is 2.73 bits per heavy atom. The van der Waals surface area contributed by atoms with Gasteiger partial charge in [0.1, 0.15) is 5.69 Å². The van der Waals surface area contributed by atoms with Crippen molar-refractivity contribution in [3.63, 3.8) is 0 Å². The van der Waals surface area contributed by atoms with Crippen LogP contribution in [0.5, 0.6) is 0 Å². The second kappa shape index (κ2) is 5.37. The zero-order valence-corrected chi connectivity index (χ0v) is 13.4. The number of rotatable bonds is 3. The number of aromatic nitrogens is 1. The van der Waals surface area contributed by atoms with Crippen LogP contribution in [0.2, 0.25) is 0 Å². The van der Waals surface area contributed by atoms with Crippen molar-refractivity contribution in [1.82, 2.24) is 9.88 Å². The lowest BCUT2D eigenvalue weighted by Gasteiger charge is -2.15. The van der Waals surface area contributed by atoms with Gasteiger partial charge in [0.2, 0.25) is 0 Å². The average Bonchev–Trinajstić information content (AvgIpc) is 3.07. The number of fused-ring (bicyclic) bond motifs is 1. The molecule has 0 radical (unpaired) electrons. The highest BCUT2D eigenvalue weighted by Crippen LogP contribution is 2.26. The van der Waals surface area contributed by atoms with Crippen molar-refractivity contribution in [2.24, 2.45) is 0 Å². The number of nitrogens with one attached hydrogen (secondary N) is 1. The van der Waals surface area contributed by atoms with E-state index in [9.17, 15) is 4.79 Å². The molecule has 22 heavy (non-hydrogen) atoms. The Morgan fingerprint density at radius 1 is 1.27 bits per heavy atom. The van der Waals surface area contributed by atoms with E-state index < -0.39 is 0 Å². The fourth-order valence-electron chi connectivity index (χ4n) is 2.92. The third kappa shape index (κ3) is 2.41. The molecule has 0 saturated carbocycles. The summed E-state index contributed by atoms with van der Waals surface area (Å²) in [6.45, 7) is 6.67. The number of hydrogen-bond acceptors (Lipinski definition) is 2. The Kier molecular flexibility index (Phi) is 3.53. The number of benzene rings is 1. The molecule has 0 spiro atoms. The lowest BCUT2D eigenvalue weighted by atomic mass is 10.1. The summed E-state index contributed by atoms with van der Waals surface area (Å²) in [5, 5.41) is 1.12. The Hall–Kier alpha value is -2.49. The molecule has 3 aromatic rings. The Bertz CT molecular complexity index is 829. The SMILES string of the molecule is Cc1cc(C)c2[nH]c(C(=O)N(C)Cc3ccoc3)c(C)c2c1. The Labute approximate surface area is 129 Å². The summed E-state index contributed by atoms with van der Waals surface area (Å²) in [7, 11) is 1.80. The smallest absolute Gasteiger partial charge is 0.270 e. The predicted octanol–water partition coefficient (Wildman–Crippen LogP) is 3.96. The summed E-state index contributed by atoms with van der Waals surface area (Å²) >= 11 is 0. The molecular formula is C18H20N2O2. The van der Waals surface area contributed by atoms with Gasteiger partial charge in [-0.15, -0.1) is 0 Å². The highest BCUT2D eigenvalue weighted by Gasteiger charge is 2.19. The summed E-state index contributed by atoms with van der Waals surface area (Å²) in [6.07, 6.45) is 3.28. The van der Waals surface area contributed by atoms with E-state index in [2.05, 4.69) is 31.0 Å². The first-order valence-electron chi connectivity index (χ1n) is 7.33. The van der Waals surface area contributed by atoms with Gasteiger partial charge in [0.25, 0.3) is 5.91 Å². The van der Waals surface area contributed by atoms with Gasteiger partial charge < -0.3 is 14.3 Å². The number of furan rings is 1. The van der Waals surface area contributed by atoms with Gasteiger partial charge in [-0.2, -0.15) is 0 Å². The van der Waals surface area contributed by atoms with Crippen LogP contribution in [0.25, 0.3) is 10.9 Å². The second-order valence-corrected chi connectivity index (χ2v) is 5.92. The van der Waals surface area contributed by atoms with E-state index in [-0.39, 0.29) is 5.91 Å². The van der Waals surface area contributed by atoms with Gasteiger partial charge in [0.15, 0.2) is 0 Å². The van der Waals surface area contributed by atoms with E-state index >= 15 is 0 Å². The largest absolute Gasteiger partial charge is 0.472 e. The standard InChI is InChI=1S/C18H20N2O2/c1-11-7-12(2)16-15(8-11)13(3)17(19-16)18(21)20(4)9-14-5-6-22-10-14/h5-8,10,19H,9H2,1-4H3. The number of aromatic amines is 1. The molecule has 114 valence electrons. The van der Waals surface area contributed by atoms with Crippen molar-refractivity contribution in [3.05, 3.63) is 58.7 Å². The minimum Gasteiger partial charge on any atom is -0.472 e. The average molecular weight is 296 g/mol. The van der Waals surface area contributed by atoms with Crippen molar-refractivity contribution in [2.45, 2.75) is 27.3 Å². The summed E-state index contributed by atoms with van der Waals surface area (Å²) < 4.78 is 5.06. The first-order chi connectivity index (χ1) is 10.5. The fourth-order valence-corrected chi connectivity index (χ4v) is 2.92. The van der Waals surface area contributed by atoms with Crippen molar-refractivity contribution < 1.29 is 9.21 Å². The van der Waals surface area contributed by atoms with E-state index in [1.165, 1.54) is 5.56 Å². The number of carbonyl (C=O) groups is 1. The third-order valence-electron chi connectivity index (χ3n) is 4.07. The number of H-pyrrole nitrogens is 1. The van der Waals surface area contributed by atoms with Gasteiger partial charge in [-0.25, -0.2) is 0 Å². The zero-order chi connectivity index (χ0) is 15.9. The molecule has 0 aliphatic carbocycles. The molecule has 0 aliphatic rings. The van der Waals surface area contributed by atoms with Gasteiger partial charge in [-0.1, -0.05) is 11.6 Å². The van der Waals surface area contributed by atoms with Crippen LogP contribution < -0.4 is 0 Å².